The van der Waals surface area contributed by atoms with Crippen LogP contribution < -0.4 is 0 Å². The normalized spacial score (nSPS) is 11.9. The van der Waals surface area contributed by atoms with E-state index in [0.29, 0.717) is 6.54 Å². The molecule has 3 rings (SSSR count). The molecule has 0 aliphatic heterocycles. The van der Waals surface area contributed by atoms with Crippen LogP contribution in [0.1, 0.15) is 5.56 Å². The quantitative estimate of drug-likeness (QED) is 0.673. The number of rotatable bonds is 8. The lowest BCUT2D eigenvalue weighted by Crippen LogP contribution is -2.26. The zero-order chi connectivity index (χ0) is 16.9. The smallest absolute Gasteiger partial charge is 0.345 e. The van der Waals surface area contributed by atoms with E-state index in [2.05, 4.69) is 27.9 Å². The van der Waals surface area contributed by atoms with Gasteiger partial charge in [0.1, 0.15) is 0 Å². The van der Waals surface area contributed by atoms with Crippen LogP contribution in [0.5, 0.6) is 0 Å². The maximum Gasteiger partial charge on any atom is 0.345 e. The van der Waals surface area contributed by atoms with Crippen molar-refractivity contribution in [1.29, 1.82) is 0 Å². The molecule has 4 nitrogen and oxygen atoms in total. The SMILES string of the molecule is CN(CCOC(F)F)CCc1c[nH]c2ccc(-c3ccoc3)cc12. The van der Waals surface area contributed by atoms with Gasteiger partial charge >= 0.3 is 6.61 Å². The molecule has 1 aromatic carbocycles. The second-order valence-corrected chi connectivity index (χ2v) is 5.77. The van der Waals surface area contributed by atoms with Crippen molar-refractivity contribution in [3.05, 3.63) is 48.6 Å². The number of H-pyrrole nitrogens is 1. The number of alkyl halides is 2. The minimum Gasteiger partial charge on any atom is -0.472 e. The van der Waals surface area contributed by atoms with E-state index >= 15 is 0 Å². The summed E-state index contributed by atoms with van der Waals surface area (Å²) in [6.45, 7) is -1.41. The number of benzene rings is 1. The van der Waals surface area contributed by atoms with Gasteiger partial charge in [-0.3, -0.25) is 0 Å². The van der Waals surface area contributed by atoms with Gasteiger partial charge < -0.3 is 19.0 Å². The zero-order valence-corrected chi connectivity index (χ0v) is 13.5. The first-order chi connectivity index (χ1) is 11.6. The van der Waals surface area contributed by atoms with Gasteiger partial charge in [-0.1, -0.05) is 6.07 Å². The maximum atomic E-state index is 12.0. The van der Waals surface area contributed by atoms with Crippen molar-refractivity contribution in [2.24, 2.45) is 0 Å². The fraction of sp³-hybridized carbons (Fsp3) is 0.333. The van der Waals surface area contributed by atoms with Crippen LogP contribution in [0, 0.1) is 0 Å². The van der Waals surface area contributed by atoms with Crippen LogP contribution in [0.25, 0.3) is 22.0 Å². The molecule has 0 amide bonds. The Labute approximate surface area is 139 Å². The van der Waals surface area contributed by atoms with E-state index in [9.17, 15) is 8.78 Å². The van der Waals surface area contributed by atoms with E-state index in [0.717, 1.165) is 29.6 Å². The Kier molecular flexibility index (Phi) is 5.27. The fourth-order valence-corrected chi connectivity index (χ4v) is 2.71. The van der Waals surface area contributed by atoms with E-state index in [1.54, 1.807) is 12.5 Å². The minimum atomic E-state index is -2.70. The van der Waals surface area contributed by atoms with Gasteiger partial charge in [-0.2, -0.15) is 8.78 Å². The summed E-state index contributed by atoms with van der Waals surface area (Å²) in [6.07, 6.45) is 6.23. The summed E-state index contributed by atoms with van der Waals surface area (Å²) in [5.74, 6) is 0. The van der Waals surface area contributed by atoms with Gasteiger partial charge in [0.05, 0.1) is 19.1 Å². The molecule has 1 N–H and O–H groups in total. The van der Waals surface area contributed by atoms with Crippen LogP contribution in [0.2, 0.25) is 0 Å². The van der Waals surface area contributed by atoms with E-state index in [-0.39, 0.29) is 6.61 Å². The summed E-state index contributed by atoms with van der Waals surface area (Å²) in [7, 11) is 1.90. The highest BCUT2D eigenvalue weighted by molar-refractivity contribution is 5.87. The summed E-state index contributed by atoms with van der Waals surface area (Å²) in [6, 6.07) is 8.19. The molecule has 3 aromatic rings. The highest BCUT2D eigenvalue weighted by atomic mass is 19.3. The van der Waals surface area contributed by atoms with Crippen molar-refractivity contribution in [2.45, 2.75) is 13.0 Å². The first kappa shape index (κ1) is 16.7. The molecular formula is C18H20F2N2O2. The number of aromatic nitrogens is 1. The number of nitrogens with one attached hydrogen (secondary N) is 1. The van der Waals surface area contributed by atoms with Crippen LogP contribution in [-0.4, -0.2) is 43.2 Å². The monoisotopic (exact) mass is 334 g/mol. The molecule has 128 valence electrons. The second kappa shape index (κ2) is 7.59. The molecule has 2 aromatic heterocycles. The summed E-state index contributed by atoms with van der Waals surface area (Å²) in [5.41, 5.74) is 4.44. The molecule has 0 saturated carbocycles. The lowest BCUT2D eigenvalue weighted by molar-refractivity contribution is -0.131. The highest BCUT2D eigenvalue weighted by Gasteiger charge is 2.09. The Morgan fingerprint density at radius 2 is 2.08 bits per heavy atom. The molecule has 2 heterocycles. The third-order valence-electron chi connectivity index (χ3n) is 4.10. The number of hydrogen-bond donors (Lipinski definition) is 1. The van der Waals surface area contributed by atoms with Crippen LogP contribution in [0.4, 0.5) is 8.78 Å². The Hall–Kier alpha value is -2.18. The molecule has 0 radical (unpaired) electrons. The van der Waals surface area contributed by atoms with Gasteiger partial charge in [0.15, 0.2) is 0 Å². The number of hydrogen-bond acceptors (Lipinski definition) is 3. The van der Waals surface area contributed by atoms with Gasteiger partial charge in [0, 0.05) is 35.8 Å². The van der Waals surface area contributed by atoms with Crippen LogP contribution in [0.3, 0.4) is 0 Å². The summed E-state index contributed by atoms with van der Waals surface area (Å²) in [4.78, 5) is 5.26. The average molecular weight is 334 g/mol. The van der Waals surface area contributed by atoms with Crippen molar-refractivity contribution in [1.82, 2.24) is 9.88 Å². The van der Waals surface area contributed by atoms with Crippen molar-refractivity contribution in [3.8, 4) is 11.1 Å². The van der Waals surface area contributed by atoms with Crippen LogP contribution >= 0.6 is 0 Å². The number of aromatic amines is 1. The van der Waals surface area contributed by atoms with Gasteiger partial charge in [-0.05, 0) is 42.8 Å². The number of halogens is 2. The molecule has 0 atom stereocenters. The largest absolute Gasteiger partial charge is 0.472 e. The number of nitrogens with zero attached hydrogens (tertiary/aromatic N) is 1. The van der Waals surface area contributed by atoms with E-state index in [1.165, 1.54) is 10.9 Å². The fourth-order valence-electron chi connectivity index (χ4n) is 2.71. The Balaban J connectivity index is 1.65. The average Bonchev–Trinajstić information content (AvgIpc) is 3.22. The lowest BCUT2D eigenvalue weighted by Gasteiger charge is -2.16. The highest BCUT2D eigenvalue weighted by Crippen LogP contribution is 2.27. The van der Waals surface area contributed by atoms with Gasteiger partial charge in [-0.25, -0.2) is 0 Å². The number of furan rings is 1. The molecule has 0 fully saturated rings. The van der Waals surface area contributed by atoms with E-state index in [4.69, 9.17) is 4.42 Å². The van der Waals surface area contributed by atoms with Crippen molar-refractivity contribution >= 4 is 10.9 Å². The van der Waals surface area contributed by atoms with Gasteiger partial charge in [-0.15, -0.1) is 0 Å². The molecule has 0 bridgehead atoms. The predicted octanol–water partition coefficient (Wildman–Crippen LogP) is 4.14. The topological polar surface area (TPSA) is 41.4 Å². The molecule has 0 aliphatic rings. The predicted molar refractivity (Wildman–Crippen MR) is 89.2 cm³/mol. The summed E-state index contributed by atoms with van der Waals surface area (Å²) >= 11 is 0. The number of fused-ring (bicyclic) bond motifs is 1. The standard InChI is InChI=1S/C18H20F2N2O2/c1-22(7-9-24-18(19)20)6-4-14-11-21-17-3-2-13(10-16(14)17)15-5-8-23-12-15/h2-3,5,8,10-12,18,21H,4,6-7,9H2,1H3. The third kappa shape index (κ3) is 4.01. The molecular weight excluding hydrogens is 314 g/mol. The summed E-state index contributed by atoms with van der Waals surface area (Å²) in [5, 5.41) is 1.17. The van der Waals surface area contributed by atoms with E-state index < -0.39 is 6.61 Å². The summed E-state index contributed by atoms with van der Waals surface area (Å²) < 4.78 is 33.4. The molecule has 0 saturated heterocycles. The molecule has 6 heteroatoms. The molecule has 0 spiro atoms. The first-order valence-corrected chi connectivity index (χ1v) is 7.84. The Morgan fingerprint density at radius 3 is 2.83 bits per heavy atom. The third-order valence-corrected chi connectivity index (χ3v) is 4.10. The number of likely N-dealkylation sites (N-methyl/N-ethyl adjacent to an activating group) is 1. The second-order valence-electron chi connectivity index (χ2n) is 5.77. The van der Waals surface area contributed by atoms with Crippen molar-refractivity contribution in [2.75, 3.05) is 26.7 Å². The van der Waals surface area contributed by atoms with E-state index in [1.807, 2.05) is 24.2 Å². The zero-order valence-electron chi connectivity index (χ0n) is 13.5. The van der Waals surface area contributed by atoms with Gasteiger partial charge in [0.25, 0.3) is 0 Å². The molecule has 24 heavy (non-hydrogen) atoms. The Morgan fingerprint density at radius 1 is 1.21 bits per heavy atom. The minimum absolute atomic E-state index is 0.0344. The maximum absolute atomic E-state index is 12.0. The lowest BCUT2D eigenvalue weighted by atomic mass is 10.0. The van der Waals surface area contributed by atoms with Crippen LogP contribution in [-0.2, 0) is 11.2 Å². The van der Waals surface area contributed by atoms with Crippen molar-refractivity contribution < 1.29 is 17.9 Å². The van der Waals surface area contributed by atoms with Crippen LogP contribution in [0.15, 0.2) is 47.4 Å². The van der Waals surface area contributed by atoms with Gasteiger partial charge in [0.2, 0.25) is 0 Å². The molecule has 0 unspecified atom stereocenters. The van der Waals surface area contributed by atoms with Crippen molar-refractivity contribution in [3.63, 3.8) is 0 Å². The molecule has 0 aliphatic carbocycles. The first-order valence-electron chi connectivity index (χ1n) is 7.84. The number of ether oxygens (including phenoxy) is 1. The Bertz CT molecular complexity index is 769.